The minimum absolute atomic E-state index is 0.00363. The molecule has 2 aromatic carbocycles. The van der Waals surface area contributed by atoms with Gasteiger partial charge in [-0.15, -0.1) is 0 Å². The molecule has 10 heteroatoms. The Bertz CT molecular complexity index is 2110. The molecule has 0 saturated carbocycles. The van der Waals surface area contributed by atoms with Crippen molar-refractivity contribution in [2.75, 3.05) is 0 Å². The lowest BCUT2D eigenvalue weighted by molar-refractivity contribution is -0.145. The summed E-state index contributed by atoms with van der Waals surface area (Å²) in [5, 5.41) is 0.224. The first kappa shape index (κ1) is 52.6. The summed E-state index contributed by atoms with van der Waals surface area (Å²) in [6, 6.07) is 9.36. The average Bonchev–Trinajstić information content (AvgIpc) is 3.18. The minimum atomic E-state index is -0.976. The van der Waals surface area contributed by atoms with Crippen molar-refractivity contribution in [1.29, 1.82) is 0 Å². The average molecular weight is 872 g/mol. The van der Waals surface area contributed by atoms with Crippen LogP contribution in [0.15, 0.2) is 47.3 Å². The molecule has 0 saturated heterocycles. The molecule has 0 radical (unpaired) electrons. The molecular weight excluding hydrogens is 795 g/mol. The molecule has 0 aliphatic rings. The van der Waals surface area contributed by atoms with Gasteiger partial charge in [0.1, 0.15) is 11.4 Å². The fraction of sp³-hybridized carbons (Fsp3) is 0.604. The summed E-state index contributed by atoms with van der Waals surface area (Å²) in [6.45, 7) is 22.9. The summed E-state index contributed by atoms with van der Waals surface area (Å²) < 4.78 is 25.3. The number of carbonyl (C=O) groups excluding carboxylic acids is 4. The Morgan fingerprint density at radius 1 is 0.524 bits per heavy atom. The number of pyridine rings is 1. The van der Waals surface area contributed by atoms with Crippen molar-refractivity contribution in [2.45, 2.75) is 186 Å². The number of rotatable bonds is 21. The zero-order valence-electron chi connectivity index (χ0n) is 40.8. The molecule has 0 amide bonds. The number of allylic oxidation sites excluding steroid dienone is 1. The van der Waals surface area contributed by atoms with E-state index in [2.05, 4.69) is 6.92 Å². The highest BCUT2D eigenvalue weighted by atomic mass is 16.6. The second-order valence-electron chi connectivity index (χ2n) is 21.0. The zero-order chi connectivity index (χ0) is 47.2. The number of hydrogen-bond donors (Lipinski definition) is 0. The van der Waals surface area contributed by atoms with Gasteiger partial charge in [-0.05, 0) is 126 Å². The van der Waals surface area contributed by atoms with Crippen LogP contribution in [0.2, 0.25) is 0 Å². The second-order valence-corrected chi connectivity index (χ2v) is 21.0. The molecule has 10 nitrogen and oxygen atoms in total. The predicted octanol–water partition coefficient (Wildman–Crippen LogP) is 13.8. The van der Waals surface area contributed by atoms with E-state index >= 15 is 0 Å². The molecule has 0 spiro atoms. The minimum Gasteiger partial charge on any atom is -0.426 e. The SMILES string of the molecule is CCCCCCCCCCCCCCCCC=Cn1c(-c2ccc(OC(=O)C(C)(C)C)c(OC(=O)C(C)(C)C)c2)c(OC(=O)C(C)(C)C)c(=O)c2ccc(OC(=O)C(C)(C)C)cc21. The van der Waals surface area contributed by atoms with E-state index in [-0.39, 0.29) is 34.1 Å². The van der Waals surface area contributed by atoms with Gasteiger partial charge in [0.2, 0.25) is 11.2 Å². The number of nitrogens with zero attached hydrogens (tertiary/aromatic N) is 1. The molecule has 3 aromatic rings. The number of aromatic nitrogens is 1. The third-order valence-electron chi connectivity index (χ3n) is 10.6. The third-order valence-corrected chi connectivity index (χ3v) is 10.6. The number of esters is 4. The Hall–Kier alpha value is -4.73. The topological polar surface area (TPSA) is 127 Å². The van der Waals surface area contributed by atoms with Crippen molar-refractivity contribution in [3.8, 4) is 34.3 Å². The van der Waals surface area contributed by atoms with Crippen LogP contribution in [0.1, 0.15) is 186 Å². The van der Waals surface area contributed by atoms with Crippen molar-refractivity contribution in [2.24, 2.45) is 21.7 Å². The molecule has 63 heavy (non-hydrogen) atoms. The van der Waals surface area contributed by atoms with Crippen LogP contribution in [0.3, 0.4) is 0 Å². The van der Waals surface area contributed by atoms with Crippen LogP contribution < -0.4 is 24.4 Å². The Labute approximate surface area is 377 Å². The molecule has 0 bridgehead atoms. The van der Waals surface area contributed by atoms with Crippen LogP contribution in [-0.2, 0) is 19.2 Å². The first-order chi connectivity index (χ1) is 29.4. The summed E-state index contributed by atoms with van der Waals surface area (Å²) in [5.41, 5.74) is -3.23. The highest BCUT2D eigenvalue weighted by Crippen LogP contribution is 2.40. The molecule has 0 fully saturated rings. The van der Waals surface area contributed by atoms with Gasteiger partial charge in [0.15, 0.2) is 11.5 Å². The van der Waals surface area contributed by atoms with Gasteiger partial charge in [0.05, 0.1) is 32.6 Å². The molecule has 1 aromatic heterocycles. The normalized spacial score (nSPS) is 12.5. The first-order valence-electron chi connectivity index (χ1n) is 23.3. The molecule has 3 rings (SSSR count). The largest absolute Gasteiger partial charge is 0.426 e. The van der Waals surface area contributed by atoms with E-state index in [1.807, 2.05) is 12.3 Å². The van der Waals surface area contributed by atoms with Gasteiger partial charge in [0, 0.05) is 17.8 Å². The molecule has 348 valence electrons. The van der Waals surface area contributed by atoms with E-state index in [4.69, 9.17) is 18.9 Å². The van der Waals surface area contributed by atoms with Gasteiger partial charge in [-0.3, -0.25) is 24.0 Å². The Balaban J connectivity index is 2.13. The number of fused-ring (bicyclic) bond motifs is 1. The van der Waals surface area contributed by atoms with Crippen LogP contribution in [0.5, 0.6) is 23.0 Å². The maximum atomic E-state index is 14.6. The standard InChI is InChI=1S/C53H77NO9/c1-14-15-16-17-18-19-20-21-22-23-24-25-26-27-28-29-34-54-40-36-38(60-46(56)50(2,3)4)31-32-39(40)44(55)45(63-49(59)53(11,12)13)43(54)37-30-33-41(61-47(57)51(5,6)7)42(35-37)62-48(58)52(8,9)10/h29-36H,14-28H2,1-13H3. The van der Waals surface area contributed by atoms with Gasteiger partial charge in [-0.2, -0.15) is 0 Å². The highest BCUT2D eigenvalue weighted by Gasteiger charge is 2.32. The van der Waals surface area contributed by atoms with Crippen molar-refractivity contribution in [1.82, 2.24) is 4.57 Å². The molecule has 0 aliphatic carbocycles. The molecule has 1 heterocycles. The lowest BCUT2D eigenvalue weighted by Crippen LogP contribution is -2.29. The predicted molar refractivity (Wildman–Crippen MR) is 254 cm³/mol. The van der Waals surface area contributed by atoms with Crippen molar-refractivity contribution < 1.29 is 38.1 Å². The molecule has 0 N–H and O–H groups in total. The maximum absolute atomic E-state index is 14.6. The van der Waals surface area contributed by atoms with Gasteiger partial charge in [0.25, 0.3) is 0 Å². The van der Waals surface area contributed by atoms with Gasteiger partial charge >= 0.3 is 23.9 Å². The molecule has 0 aliphatic heterocycles. The smallest absolute Gasteiger partial charge is 0.316 e. The van der Waals surface area contributed by atoms with E-state index < -0.39 is 51.0 Å². The molecule has 0 unspecified atom stereocenters. The zero-order valence-corrected chi connectivity index (χ0v) is 40.8. The lowest BCUT2D eigenvalue weighted by Gasteiger charge is -2.23. The van der Waals surface area contributed by atoms with Gasteiger partial charge in [-0.25, -0.2) is 0 Å². The van der Waals surface area contributed by atoms with Gasteiger partial charge < -0.3 is 23.5 Å². The van der Waals surface area contributed by atoms with E-state index in [1.165, 1.54) is 82.8 Å². The first-order valence-corrected chi connectivity index (χ1v) is 23.3. The Morgan fingerprint density at radius 3 is 1.46 bits per heavy atom. The number of unbranched alkanes of at least 4 members (excludes halogenated alkanes) is 14. The highest BCUT2D eigenvalue weighted by molar-refractivity contribution is 5.92. The third kappa shape index (κ3) is 16.4. The van der Waals surface area contributed by atoms with Crippen molar-refractivity contribution in [3.63, 3.8) is 0 Å². The second kappa shape index (κ2) is 23.3. The van der Waals surface area contributed by atoms with Crippen LogP contribution in [0.25, 0.3) is 28.4 Å². The van der Waals surface area contributed by atoms with Crippen LogP contribution in [-0.4, -0.2) is 28.4 Å². The summed E-state index contributed by atoms with van der Waals surface area (Å²) >= 11 is 0. The Kier molecular flexibility index (Phi) is 19.4. The van der Waals surface area contributed by atoms with Gasteiger partial charge in [-0.1, -0.05) is 96.5 Å². The number of benzene rings is 2. The van der Waals surface area contributed by atoms with Crippen LogP contribution in [0.4, 0.5) is 0 Å². The number of hydrogen-bond acceptors (Lipinski definition) is 9. The summed E-state index contributed by atoms with van der Waals surface area (Å²) in [6.07, 6.45) is 22.2. The summed E-state index contributed by atoms with van der Waals surface area (Å²) in [7, 11) is 0. The summed E-state index contributed by atoms with van der Waals surface area (Å²) in [5.74, 6) is -2.29. The van der Waals surface area contributed by atoms with E-state index in [0.29, 0.717) is 11.1 Å². The van der Waals surface area contributed by atoms with E-state index in [9.17, 15) is 24.0 Å². The number of carbonyl (C=O) groups is 4. The fourth-order valence-corrected chi connectivity index (χ4v) is 6.41. The quantitative estimate of drug-likeness (QED) is 0.0584. The van der Waals surface area contributed by atoms with Crippen molar-refractivity contribution >= 4 is 41.0 Å². The van der Waals surface area contributed by atoms with E-state index in [0.717, 1.165) is 25.7 Å². The fourth-order valence-electron chi connectivity index (χ4n) is 6.41. The monoisotopic (exact) mass is 872 g/mol. The maximum Gasteiger partial charge on any atom is 0.316 e. The lowest BCUT2D eigenvalue weighted by atomic mass is 9.97. The van der Waals surface area contributed by atoms with E-state index in [1.54, 1.807) is 112 Å². The number of ether oxygens (including phenoxy) is 4. The molecular formula is C53H77NO9. The van der Waals surface area contributed by atoms with Crippen molar-refractivity contribution in [3.05, 3.63) is 52.7 Å². The molecule has 0 atom stereocenters. The van der Waals surface area contributed by atoms with Crippen LogP contribution in [0, 0.1) is 21.7 Å². The van der Waals surface area contributed by atoms with Crippen LogP contribution >= 0.6 is 0 Å². The Morgan fingerprint density at radius 2 is 0.968 bits per heavy atom. The summed E-state index contributed by atoms with van der Waals surface area (Å²) in [4.78, 5) is 67.8.